The normalized spacial score (nSPS) is 11.3. The van der Waals surface area contributed by atoms with Crippen LogP contribution in [0.4, 0.5) is 17.1 Å². The van der Waals surface area contributed by atoms with E-state index in [9.17, 15) is 13.5 Å². The molecule has 0 unspecified atom stereocenters. The zero-order valence-electron chi connectivity index (χ0n) is 17.3. The fraction of sp³-hybridized carbons (Fsp3) is 0.0870. The number of sulfonamides is 1. The van der Waals surface area contributed by atoms with Gasteiger partial charge in [0.25, 0.3) is 0 Å². The molecule has 7 nitrogen and oxygen atoms in total. The first kappa shape index (κ1) is 21.7. The summed E-state index contributed by atoms with van der Waals surface area (Å²) >= 11 is 6.13. The van der Waals surface area contributed by atoms with Crippen LogP contribution < -0.4 is 14.8 Å². The minimum atomic E-state index is -3.47. The zero-order chi connectivity index (χ0) is 22.9. The van der Waals surface area contributed by atoms with Crippen molar-refractivity contribution in [1.29, 1.82) is 0 Å². The maximum Gasteiger partial charge on any atom is 0.229 e. The Labute approximate surface area is 190 Å². The number of fused-ring (bicyclic) bond motifs is 1. The molecule has 0 aliphatic rings. The van der Waals surface area contributed by atoms with Gasteiger partial charge in [0.15, 0.2) is 11.5 Å². The minimum absolute atomic E-state index is 0.0716. The monoisotopic (exact) mass is 469 g/mol. The van der Waals surface area contributed by atoms with E-state index in [0.29, 0.717) is 16.5 Å². The van der Waals surface area contributed by atoms with Crippen molar-refractivity contribution in [1.82, 2.24) is 4.98 Å². The standard InChI is InChI=1S/C23H20ClN3O4S/c1-31-23-12-15(4-8-22(23)28)14-3-7-19-17(11-14)20(9-10-25-19)26-16-5-6-18(24)21(13-16)27-32(2,29)30/h3-13,27-28H,1-2H3,(H,25,26). The summed E-state index contributed by atoms with van der Waals surface area (Å²) < 4.78 is 30.9. The molecule has 3 aromatic carbocycles. The number of nitrogens with zero attached hydrogens (tertiary/aromatic N) is 1. The summed E-state index contributed by atoms with van der Waals surface area (Å²) in [5.74, 6) is 0.460. The van der Waals surface area contributed by atoms with E-state index in [4.69, 9.17) is 16.3 Å². The van der Waals surface area contributed by atoms with Gasteiger partial charge in [-0.25, -0.2) is 8.42 Å². The van der Waals surface area contributed by atoms with Crippen LogP contribution in [0.5, 0.6) is 11.5 Å². The fourth-order valence-electron chi connectivity index (χ4n) is 3.33. The van der Waals surface area contributed by atoms with Gasteiger partial charge in [-0.1, -0.05) is 23.7 Å². The number of hydrogen-bond acceptors (Lipinski definition) is 6. The summed E-state index contributed by atoms with van der Waals surface area (Å²) in [6.07, 6.45) is 2.76. The van der Waals surface area contributed by atoms with Crippen molar-refractivity contribution in [3.05, 3.63) is 71.9 Å². The Morgan fingerprint density at radius 1 is 0.969 bits per heavy atom. The number of aromatic nitrogens is 1. The van der Waals surface area contributed by atoms with E-state index in [1.54, 1.807) is 36.5 Å². The second-order valence-electron chi connectivity index (χ2n) is 7.17. The molecule has 0 aliphatic carbocycles. The van der Waals surface area contributed by atoms with E-state index in [0.717, 1.165) is 34.0 Å². The van der Waals surface area contributed by atoms with Gasteiger partial charge < -0.3 is 15.2 Å². The molecule has 0 saturated heterocycles. The summed E-state index contributed by atoms with van der Waals surface area (Å²) in [4.78, 5) is 4.43. The van der Waals surface area contributed by atoms with Crippen molar-refractivity contribution < 1.29 is 18.3 Å². The van der Waals surface area contributed by atoms with Gasteiger partial charge in [-0.05, 0) is 59.7 Å². The third kappa shape index (κ3) is 4.71. The van der Waals surface area contributed by atoms with Crippen molar-refractivity contribution in [2.24, 2.45) is 0 Å². The van der Waals surface area contributed by atoms with Gasteiger partial charge in [-0.3, -0.25) is 9.71 Å². The molecule has 4 aromatic rings. The first-order chi connectivity index (χ1) is 15.2. The maximum absolute atomic E-state index is 11.6. The van der Waals surface area contributed by atoms with Crippen LogP contribution in [0.3, 0.4) is 0 Å². The Bertz CT molecular complexity index is 1420. The van der Waals surface area contributed by atoms with Gasteiger partial charge in [0, 0.05) is 23.0 Å². The number of nitrogens with one attached hydrogen (secondary N) is 2. The van der Waals surface area contributed by atoms with Crippen molar-refractivity contribution >= 4 is 49.6 Å². The molecule has 0 aliphatic heterocycles. The van der Waals surface area contributed by atoms with E-state index in [1.807, 2.05) is 30.3 Å². The molecule has 0 amide bonds. The van der Waals surface area contributed by atoms with Crippen molar-refractivity contribution in [2.75, 3.05) is 23.4 Å². The summed E-state index contributed by atoms with van der Waals surface area (Å²) in [5, 5.41) is 14.4. The van der Waals surface area contributed by atoms with Crippen LogP contribution in [-0.2, 0) is 10.0 Å². The number of halogens is 1. The second kappa shape index (κ2) is 8.57. The summed E-state index contributed by atoms with van der Waals surface area (Å²) in [5.41, 5.74) is 4.31. The molecular weight excluding hydrogens is 450 g/mol. The lowest BCUT2D eigenvalue weighted by atomic mass is 10.0. The molecule has 0 saturated carbocycles. The molecule has 1 heterocycles. The highest BCUT2D eigenvalue weighted by Crippen LogP contribution is 2.35. The first-order valence-electron chi connectivity index (χ1n) is 9.54. The molecule has 9 heteroatoms. The number of benzene rings is 3. The second-order valence-corrected chi connectivity index (χ2v) is 9.33. The number of anilines is 3. The molecule has 0 bridgehead atoms. The highest BCUT2D eigenvalue weighted by molar-refractivity contribution is 7.92. The van der Waals surface area contributed by atoms with Crippen LogP contribution in [0.1, 0.15) is 0 Å². The quantitative estimate of drug-likeness (QED) is 0.350. The molecule has 3 N–H and O–H groups in total. The van der Waals surface area contributed by atoms with Crippen LogP contribution in [0.15, 0.2) is 66.9 Å². The van der Waals surface area contributed by atoms with Crippen LogP contribution in [-0.4, -0.2) is 31.9 Å². The van der Waals surface area contributed by atoms with E-state index >= 15 is 0 Å². The molecule has 4 rings (SSSR count). The lowest BCUT2D eigenvalue weighted by Gasteiger charge is -2.13. The number of hydrogen-bond donors (Lipinski definition) is 3. The summed E-state index contributed by atoms with van der Waals surface area (Å²) in [7, 11) is -1.97. The summed E-state index contributed by atoms with van der Waals surface area (Å²) in [6, 6.07) is 17.9. The van der Waals surface area contributed by atoms with Crippen molar-refractivity contribution in [3.8, 4) is 22.6 Å². The van der Waals surface area contributed by atoms with Gasteiger partial charge in [0.1, 0.15) is 0 Å². The number of methoxy groups -OCH3 is 1. The molecular formula is C23H20ClN3O4S. The van der Waals surface area contributed by atoms with Gasteiger partial charge in [0.2, 0.25) is 10.0 Å². The lowest BCUT2D eigenvalue weighted by molar-refractivity contribution is 0.373. The number of pyridine rings is 1. The van der Waals surface area contributed by atoms with Crippen molar-refractivity contribution in [2.45, 2.75) is 0 Å². The topological polar surface area (TPSA) is 101 Å². The smallest absolute Gasteiger partial charge is 0.229 e. The predicted molar refractivity (Wildman–Crippen MR) is 129 cm³/mol. The van der Waals surface area contributed by atoms with Crippen LogP contribution in [0.2, 0.25) is 5.02 Å². The van der Waals surface area contributed by atoms with Gasteiger partial charge in [-0.2, -0.15) is 0 Å². The van der Waals surface area contributed by atoms with Gasteiger partial charge in [-0.15, -0.1) is 0 Å². The highest BCUT2D eigenvalue weighted by atomic mass is 35.5. The van der Waals surface area contributed by atoms with Crippen LogP contribution in [0.25, 0.3) is 22.0 Å². The third-order valence-corrected chi connectivity index (χ3v) is 5.72. The van der Waals surface area contributed by atoms with Crippen molar-refractivity contribution in [3.63, 3.8) is 0 Å². The van der Waals surface area contributed by atoms with Gasteiger partial charge in [0.05, 0.1) is 29.6 Å². The molecule has 0 radical (unpaired) electrons. The van der Waals surface area contributed by atoms with E-state index in [-0.39, 0.29) is 11.4 Å². The largest absolute Gasteiger partial charge is 0.504 e. The number of phenols is 1. The predicted octanol–water partition coefficient (Wildman–Crippen LogP) is 5.38. The average molecular weight is 470 g/mol. The first-order valence-corrected chi connectivity index (χ1v) is 11.8. The van der Waals surface area contributed by atoms with Crippen LogP contribution in [0, 0.1) is 0 Å². The molecule has 0 fully saturated rings. The highest BCUT2D eigenvalue weighted by Gasteiger charge is 2.11. The SMILES string of the molecule is COc1cc(-c2ccc3nccc(Nc4ccc(Cl)c(NS(C)(=O)=O)c4)c3c2)ccc1O. The molecule has 0 spiro atoms. The van der Waals surface area contributed by atoms with E-state index in [1.165, 1.54) is 7.11 Å². The Morgan fingerprint density at radius 3 is 2.47 bits per heavy atom. The Morgan fingerprint density at radius 2 is 1.72 bits per heavy atom. The van der Waals surface area contributed by atoms with E-state index in [2.05, 4.69) is 15.0 Å². The molecule has 1 aromatic heterocycles. The van der Waals surface area contributed by atoms with Crippen LogP contribution >= 0.6 is 11.6 Å². The third-order valence-electron chi connectivity index (χ3n) is 4.80. The van der Waals surface area contributed by atoms with Gasteiger partial charge >= 0.3 is 0 Å². The lowest BCUT2D eigenvalue weighted by Crippen LogP contribution is -2.10. The molecule has 0 atom stereocenters. The van der Waals surface area contributed by atoms with E-state index < -0.39 is 10.0 Å². The number of aromatic hydroxyl groups is 1. The zero-order valence-corrected chi connectivity index (χ0v) is 18.8. The number of phenolic OH excluding ortho intramolecular Hbond substituents is 1. The molecule has 32 heavy (non-hydrogen) atoms. The Balaban J connectivity index is 1.74. The fourth-order valence-corrected chi connectivity index (χ4v) is 4.12. The number of ether oxygens (including phenoxy) is 1. The maximum atomic E-state index is 11.6. The summed E-state index contributed by atoms with van der Waals surface area (Å²) in [6.45, 7) is 0. The average Bonchev–Trinajstić information content (AvgIpc) is 2.75. The number of rotatable bonds is 6. The Kier molecular flexibility index (Phi) is 5.82. The Hall–Kier alpha value is -3.49. The molecule has 164 valence electrons. The minimum Gasteiger partial charge on any atom is -0.504 e.